The van der Waals surface area contributed by atoms with E-state index in [9.17, 15) is 41.5 Å². The number of nitrogens with zero attached hydrogens (tertiary/aromatic N) is 1. The lowest BCUT2D eigenvalue weighted by molar-refractivity contribution is -0.133. The molecule has 252 valence electrons. The standard InChI is InChI=1S/C30H37F4N5O7/c1-13(2)8-20(37-30(44)25(14(3)4)38-29(43)21-9-15(5)46-39-21)28(42)36-19(10-16-6-7-35-27(16)41)22(40)12-45-26-23(33)17(31)11-18(32)24(26)34/h9,11,13-14,16,19-20,25H,6-8,10,12H2,1-5H3,(H,35,41)(H,36,42)(H,37,44)(H,38,43)/t16-,19-,20-,25-/m0/s1. The molecule has 2 heterocycles. The Morgan fingerprint density at radius 3 is 2.13 bits per heavy atom. The first-order valence-corrected chi connectivity index (χ1v) is 14.7. The molecule has 2 aromatic rings. The summed E-state index contributed by atoms with van der Waals surface area (Å²) in [4.78, 5) is 65.0. The van der Waals surface area contributed by atoms with E-state index < -0.39 is 89.1 Å². The van der Waals surface area contributed by atoms with Gasteiger partial charge in [0.1, 0.15) is 24.5 Å². The minimum atomic E-state index is -1.85. The number of benzene rings is 1. The molecule has 0 unspecified atom stereocenters. The van der Waals surface area contributed by atoms with Gasteiger partial charge >= 0.3 is 0 Å². The van der Waals surface area contributed by atoms with Crippen LogP contribution in [0.2, 0.25) is 0 Å². The van der Waals surface area contributed by atoms with Crippen LogP contribution in [0.5, 0.6) is 5.75 Å². The Kier molecular flexibility index (Phi) is 12.3. The highest BCUT2D eigenvalue weighted by Gasteiger charge is 2.35. The van der Waals surface area contributed by atoms with E-state index in [0.717, 1.165) is 0 Å². The van der Waals surface area contributed by atoms with Gasteiger partial charge in [0.25, 0.3) is 5.91 Å². The Morgan fingerprint density at radius 1 is 0.978 bits per heavy atom. The summed E-state index contributed by atoms with van der Waals surface area (Å²) in [6, 6.07) is -2.40. The van der Waals surface area contributed by atoms with Crippen molar-refractivity contribution in [3.8, 4) is 5.75 Å². The van der Waals surface area contributed by atoms with Gasteiger partial charge < -0.3 is 30.5 Å². The van der Waals surface area contributed by atoms with Gasteiger partial charge in [0.05, 0.1) is 6.04 Å². The number of carbonyl (C=O) groups is 5. The maximum Gasteiger partial charge on any atom is 0.274 e. The number of rotatable bonds is 15. The minimum absolute atomic E-state index is 0.0190. The van der Waals surface area contributed by atoms with Crippen molar-refractivity contribution in [2.45, 2.75) is 72.0 Å². The molecule has 1 aromatic carbocycles. The second-order valence-electron chi connectivity index (χ2n) is 11.8. The van der Waals surface area contributed by atoms with Crippen molar-refractivity contribution in [3.05, 3.63) is 46.9 Å². The molecule has 4 N–H and O–H groups in total. The average Bonchev–Trinajstić information content (AvgIpc) is 3.60. The molecule has 1 saturated heterocycles. The summed E-state index contributed by atoms with van der Waals surface area (Å²) in [5.74, 6) is -13.1. The van der Waals surface area contributed by atoms with Gasteiger partial charge in [-0.3, -0.25) is 24.0 Å². The maximum atomic E-state index is 14.1. The van der Waals surface area contributed by atoms with Crippen LogP contribution >= 0.6 is 0 Å². The number of halogens is 4. The Morgan fingerprint density at radius 2 is 1.61 bits per heavy atom. The Bertz CT molecular complexity index is 1440. The fraction of sp³-hybridized carbons (Fsp3) is 0.533. The number of nitrogens with one attached hydrogen (secondary N) is 4. The maximum absolute atomic E-state index is 14.1. The van der Waals surface area contributed by atoms with E-state index in [0.29, 0.717) is 18.7 Å². The van der Waals surface area contributed by atoms with E-state index in [1.54, 1.807) is 34.6 Å². The Hall–Kier alpha value is -4.50. The summed E-state index contributed by atoms with van der Waals surface area (Å²) < 4.78 is 65.2. The van der Waals surface area contributed by atoms with Crippen molar-refractivity contribution in [3.63, 3.8) is 0 Å². The predicted octanol–water partition coefficient (Wildman–Crippen LogP) is 2.48. The Labute approximate surface area is 262 Å². The van der Waals surface area contributed by atoms with Crippen LogP contribution in [0.15, 0.2) is 16.7 Å². The fourth-order valence-corrected chi connectivity index (χ4v) is 4.81. The first-order chi connectivity index (χ1) is 21.6. The number of aromatic nitrogens is 1. The molecule has 0 radical (unpaired) electrons. The SMILES string of the molecule is Cc1cc(C(=O)N[C@H](C(=O)N[C@@H](CC(C)C)C(=O)N[C@@H](C[C@@H]2CCNC2=O)C(=O)COc2c(F)c(F)cc(F)c2F)C(C)C)no1. The molecule has 0 aliphatic carbocycles. The third kappa shape index (κ3) is 9.26. The molecular weight excluding hydrogens is 618 g/mol. The van der Waals surface area contributed by atoms with E-state index in [1.165, 1.54) is 6.07 Å². The van der Waals surface area contributed by atoms with Gasteiger partial charge in [-0.25, -0.2) is 8.78 Å². The molecule has 1 fully saturated rings. The molecular formula is C30H37F4N5O7. The van der Waals surface area contributed by atoms with E-state index in [-0.39, 0.29) is 36.4 Å². The number of aryl methyl sites for hydroxylation is 1. The lowest BCUT2D eigenvalue weighted by Gasteiger charge is -2.27. The van der Waals surface area contributed by atoms with Gasteiger partial charge in [-0.05, 0) is 38.0 Å². The number of hydrogen-bond acceptors (Lipinski definition) is 8. The first kappa shape index (κ1) is 36.0. The highest BCUT2D eigenvalue weighted by molar-refractivity contribution is 5.98. The third-order valence-electron chi connectivity index (χ3n) is 7.25. The molecule has 0 bridgehead atoms. The third-order valence-corrected chi connectivity index (χ3v) is 7.25. The summed E-state index contributed by atoms with van der Waals surface area (Å²) in [7, 11) is 0. The fourth-order valence-electron chi connectivity index (χ4n) is 4.81. The number of hydrogen-bond donors (Lipinski definition) is 4. The van der Waals surface area contributed by atoms with Gasteiger partial charge in [-0.15, -0.1) is 0 Å². The molecule has 0 spiro atoms. The van der Waals surface area contributed by atoms with Crippen molar-refractivity contribution >= 4 is 29.4 Å². The molecule has 3 rings (SSSR count). The molecule has 4 atom stereocenters. The van der Waals surface area contributed by atoms with Crippen LogP contribution in [-0.4, -0.2) is 65.8 Å². The largest absolute Gasteiger partial charge is 0.479 e. The quantitative estimate of drug-likeness (QED) is 0.168. The second kappa shape index (κ2) is 15.7. The van der Waals surface area contributed by atoms with E-state index in [1.807, 2.05) is 0 Å². The van der Waals surface area contributed by atoms with Gasteiger partial charge in [0.15, 0.2) is 28.9 Å². The van der Waals surface area contributed by atoms with Crippen molar-refractivity contribution in [1.29, 1.82) is 0 Å². The topological polar surface area (TPSA) is 169 Å². The van der Waals surface area contributed by atoms with Gasteiger partial charge in [0, 0.05) is 24.6 Å². The number of amides is 4. The normalized spacial score (nSPS) is 16.5. The lowest BCUT2D eigenvalue weighted by Crippen LogP contribution is -2.57. The number of ether oxygens (including phenoxy) is 1. The van der Waals surface area contributed by atoms with Gasteiger partial charge in [-0.2, -0.15) is 8.78 Å². The zero-order valence-electron chi connectivity index (χ0n) is 26.0. The van der Waals surface area contributed by atoms with Crippen LogP contribution in [0.25, 0.3) is 0 Å². The zero-order valence-corrected chi connectivity index (χ0v) is 26.0. The van der Waals surface area contributed by atoms with Crippen molar-refractivity contribution < 1.29 is 50.8 Å². The molecule has 16 heteroatoms. The van der Waals surface area contributed by atoms with E-state index in [4.69, 9.17) is 9.26 Å². The highest BCUT2D eigenvalue weighted by Crippen LogP contribution is 2.27. The zero-order chi connectivity index (χ0) is 34.3. The Balaban J connectivity index is 1.79. The summed E-state index contributed by atoms with van der Waals surface area (Å²) in [6.07, 6.45) is 0.191. The lowest BCUT2D eigenvalue weighted by atomic mass is 9.95. The van der Waals surface area contributed by atoms with Crippen molar-refractivity contribution in [2.75, 3.05) is 13.2 Å². The molecule has 1 aliphatic heterocycles. The van der Waals surface area contributed by atoms with Crippen LogP contribution in [0, 0.1) is 47.9 Å². The van der Waals surface area contributed by atoms with Crippen LogP contribution in [0.3, 0.4) is 0 Å². The average molecular weight is 656 g/mol. The minimum Gasteiger partial charge on any atom is -0.479 e. The van der Waals surface area contributed by atoms with E-state index >= 15 is 0 Å². The summed E-state index contributed by atoms with van der Waals surface area (Å²) in [5, 5.41) is 13.9. The smallest absolute Gasteiger partial charge is 0.274 e. The van der Waals surface area contributed by atoms with Crippen LogP contribution in [-0.2, 0) is 19.2 Å². The molecule has 12 nitrogen and oxygen atoms in total. The van der Waals surface area contributed by atoms with E-state index in [2.05, 4.69) is 26.4 Å². The monoisotopic (exact) mass is 655 g/mol. The van der Waals surface area contributed by atoms with Gasteiger partial charge in [-0.1, -0.05) is 32.9 Å². The molecule has 1 aromatic heterocycles. The first-order valence-electron chi connectivity index (χ1n) is 14.7. The highest BCUT2D eigenvalue weighted by atomic mass is 19.2. The van der Waals surface area contributed by atoms with Crippen LogP contribution in [0.1, 0.15) is 63.2 Å². The summed E-state index contributed by atoms with van der Waals surface area (Å²) in [5.41, 5.74) is -0.0484. The van der Waals surface area contributed by atoms with Crippen molar-refractivity contribution in [2.24, 2.45) is 17.8 Å². The van der Waals surface area contributed by atoms with Crippen molar-refractivity contribution in [1.82, 2.24) is 26.4 Å². The number of ketones is 1. The van der Waals surface area contributed by atoms with Gasteiger partial charge in [0.2, 0.25) is 29.4 Å². The second-order valence-corrected chi connectivity index (χ2v) is 11.8. The van der Waals surface area contributed by atoms with Crippen LogP contribution < -0.4 is 26.0 Å². The molecule has 0 saturated carbocycles. The molecule has 1 aliphatic rings. The number of Topliss-reactive ketones (excluding diaryl/α,β-unsaturated/α-hetero) is 1. The summed E-state index contributed by atoms with van der Waals surface area (Å²) >= 11 is 0. The number of carbonyl (C=O) groups excluding carboxylic acids is 5. The molecule has 46 heavy (non-hydrogen) atoms. The predicted molar refractivity (Wildman–Crippen MR) is 153 cm³/mol. The summed E-state index contributed by atoms with van der Waals surface area (Å²) in [6.45, 7) is 7.70. The van der Waals surface area contributed by atoms with Crippen LogP contribution in [0.4, 0.5) is 17.6 Å². The molecule has 4 amide bonds.